The van der Waals surface area contributed by atoms with Crippen molar-refractivity contribution < 1.29 is 9.53 Å². The summed E-state index contributed by atoms with van der Waals surface area (Å²) in [5.41, 5.74) is 0.686. The van der Waals surface area contributed by atoms with Gasteiger partial charge in [0.05, 0.1) is 6.61 Å². The Morgan fingerprint density at radius 1 is 1.67 bits per heavy atom. The van der Waals surface area contributed by atoms with Crippen molar-refractivity contribution >= 4 is 11.5 Å². The average molecular weight is 248 g/mol. The number of ether oxygens (including phenoxy) is 1. The van der Waals surface area contributed by atoms with Gasteiger partial charge in [0.1, 0.15) is 5.82 Å². The fourth-order valence-electron chi connectivity index (χ4n) is 2.15. The fourth-order valence-corrected chi connectivity index (χ4v) is 2.15. The molecule has 0 unspecified atom stereocenters. The van der Waals surface area contributed by atoms with E-state index in [1.165, 1.54) is 18.3 Å². The minimum atomic E-state index is -0.383. The smallest absolute Gasteiger partial charge is 0.331 e. The SMILES string of the molecule is CCOC(=O)/C=C1/CC[C@H](C)n2c1nccc2=O. The molecule has 1 aliphatic heterocycles. The second-order valence-corrected chi connectivity index (χ2v) is 4.29. The van der Waals surface area contributed by atoms with E-state index in [0.717, 1.165) is 18.4 Å². The highest BCUT2D eigenvalue weighted by Crippen LogP contribution is 2.29. The number of carbonyl (C=O) groups excluding carboxylic acids is 1. The van der Waals surface area contributed by atoms with Gasteiger partial charge in [0.2, 0.25) is 0 Å². The van der Waals surface area contributed by atoms with Crippen molar-refractivity contribution in [2.45, 2.75) is 32.7 Å². The van der Waals surface area contributed by atoms with Crippen LogP contribution < -0.4 is 5.56 Å². The number of hydrogen-bond donors (Lipinski definition) is 0. The lowest BCUT2D eigenvalue weighted by Gasteiger charge is -2.25. The molecule has 0 bridgehead atoms. The van der Waals surface area contributed by atoms with E-state index >= 15 is 0 Å². The molecule has 18 heavy (non-hydrogen) atoms. The maximum atomic E-state index is 11.8. The van der Waals surface area contributed by atoms with Crippen LogP contribution in [0, 0.1) is 0 Å². The summed E-state index contributed by atoms with van der Waals surface area (Å²) in [6, 6.07) is 1.55. The Bertz CT molecular complexity index is 545. The third-order valence-corrected chi connectivity index (χ3v) is 3.02. The summed E-state index contributed by atoms with van der Waals surface area (Å²) < 4.78 is 6.52. The van der Waals surface area contributed by atoms with Gasteiger partial charge >= 0.3 is 5.97 Å². The lowest BCUT2D eigenvalue weighted by atomic mass is 10.00. The molecule has 0 aromatic carbocycles. The van der Waals surface area contributed by atoms with E-state index in [1.54, 1.807) is 11.5 Å². The van der Waals surface area contributed by atoms with E-state index in [9.17, 15) is 9.59 Å². The van der Waals surface area contributed by atoms with Crippen LogP contribution in [0.1, 0.15) is 38.6 Å². The Hall–Kier alpha value is -1.91. The summed E-state index contributed by atoms with van der Waals surface area (Å²) in [5, 5.41) is 0. The third kappa shape index (κ3) is 2.34. The molecule has 0 saturated heterocycles. The van der Waals surface area contributed by atoms with Crippen molar-refractivity contribution in [1.29, 1.82) is 0 Å². The molecule has 0 amide bonds. The molecule has 96 valence electrons. The highest BCUT2D eigenvalue weighted by atomic mass is 16.5. The number of hydrogen-bond acceptors (Lipinski definition) is 4. The lowest BCUT2D eigenvalue weighted by molar-refractivity contribution is -0.137. The van der Waals surface area contributed by atoms with Gasteiger partial charge in [-0.25, -0.2) is 9.78 Å². The maximum absolute atomic E-state index is 11.8. The molecule has 2 heterocycles. The predicted molar refractivity (Wildman–Crippen MR) is 67.1 cm³/mol. The quantitative estimate of drug-likeness (QED) is 0.588. The van der Waals surface area contributed by atoms with Crippen molar-refractivity contribution in [2.24, 2.45) is 0 Å². The van der Waals surface area contributed by atoms with Gasteiger partial charge in [-0.2, -0.15) is 0 Å². The molecule has 0 saturated carbocycles. The Morgan fingerprint density at radius 3 is 3.17 bits per heavy atom. The first kappa shape index (κ1) is 12.5. The molecular weight excluding hydrogens is 232 g/mol. The van der Waals surface area contributed by atoms with Crippen LogP contribution in [0.3, 0.4) is 0 Å². The lowest BCUT2D eigenvalue weighted by Crippen LogP contribution is -2.29. The van der Waals surface area contributed by atoms with Gasteiger partial charge in [0, 0.05) is 30.0 Å². The molecule has 5 heteroatoms. The minimum Gasteiger partial charge on any atom is -0.463 e. The second kappa shape index (κ2) is 5.16. The molecule has 1 aliphatic rings. The van der Waals surface area contributed by atoms with E-state index in [2.05, 4.69) is 4.98 Å². The Morgan fingerprint density at radius 2 is 2.44 bits per heavy atom. The molecule has 2 rings (SSSR count). The van der Waals surface area contributed by atoms with Crippen LogP contribution in [0.5, 0.6) is 0 Å². The van der Waals surface area contributed by atoms with E-state index < -0.39 is 0 Å². The van der Waals surface area contributed by atoms with Crippen LogP contribution in [0.15, 0.2) is 23.1 Å². The molecule has 1 aromatic rings. The number of allylic oxidation sites excluding steroid dienone is 1. The molecule has 0 aliphatic carbocycles. The zero-order valence-electron chi connectivity index (χ0n) is 10.5. The molecular formula is C13H16N2O3. The monoisotopic (exact) mass is 248 g/mol. The largest absolute Gasteiger partial charge is 0.463 e. The van der Waals surface area contributed by atoms with E-state index in [0.29, 0.717) is 12.4 Å². The van der Waals surface area contributed by atoms with E-state index in [4.69, 9.17) is 4.74 Å². The summed E-state index contributed by atoms with van der Waals surface area (Å²) in [7, 11) is 0. The van der Waals surface area contributed by atoms with Crippen LogP contribution in [0.2, 0.25) is 0 Å². The topological polar surface area (TPSA) is 61.2 Å². The zero-order chi connectivity index (χ0) is 13.1. The van der Waals surface area contributed by atoms with Gasteiger partial charge in [0.15, 0.2) is 0 Å². The third-order valence-electron chi connectivity index (χ3n) is 3.02. The first-order valence-corrected chi connectivity index (χ1v) is 6.08. The van der Waals surface area contributed by atoms with Crippen molar-refractivity contribution in [3.05, 3.63) is 34.5 Å². The number of carbonyl (C=O) groups is 1. The molecule has 0 radical (unpaired) electrons. The highest BCUT2D eigenvalue weighted by molar-refractivity contribution is 5.90. The summed E-state index contributed by atoms with van der Waals surface area (Å²) in [5.74, 6) is 0.195. The summed E-state index contributed by atoms with van der Waals surface area (Å²) >= 11 is 0. The predicted octanol–water partition coefficient (Wildman–Crippen LogP) is 1.54. The van der Waals surface area contributed by atoms with Gasteiger partial charge in [-0.1, -0.05) is 0 Å². The Kier molecular flexibility index (Phi) is 3.60. The van der Waals surface area contributed by atoms with Gasteiger partial charge < -0.3 is 4.74 Å². The van der Waals surface area contributed by atoms with Crippen molar-refractivity contribution in [3.8, 4) is 0 Å². The van der Waals surface area contributed by atoms with Gasteiger partial charge in [-0.3, -0.25) is 9.36 Å². The highest BCUT2D eigenvalue weighted by Gasteiger charge is 2.22. The van der Waals surface area contributed by atoms with E-state index in [-0.39, 0.29) is 17.6 Å². The molecule has 0 fully saturated rings. The van der Waals surface area contributed by atoms with E-state index in [1.807, 2.05) is 6.92 Å². The number of aromatic nitrogens is 2. The fraction of sp³-hybridized carbons (Fsp3) is 0.462. The number of fused-ring (bicyclic) bond motifs is 1. The summed E-state index contributed by atoms with van der Waals surface area (Å²) in [4.78, 5) is 27.5. The molecule has 1 atom stereocenters. The number of rotatable bonds is 2. The van der Waals surface area contributed by atoms with Crippen molar-refractivity contribution in [1.82, 2.24) is 9.55 Å². The molecule has 5 nitrogen and oxygen atoms in total. The first-order valence-electron chi connectivity index (χ1n) is 6.08. The standard InChI is InChI=1S/C13H16N2O3/c1-3-18-12(17)8-10-5-4-9(2)15-11(16)6-7-14-13(10)15/h6-9H,3-5H2,1-2H3/b10-8-/t9-/m0/s1. The minimum absolute atomic E-state index is 0.0815. The van der Waals surface area contributed by atoms with Crippen molar-refractivity contribution in [3.63, 3.8) is 0 Å². The number of nitrogens with zero attached hydrogens (tertiary/aromatic N) is 2. The van der Waals surface area contributed by atoms with Crippen LogP contribution in [0.25, 0.3) is 5.57 Å². The van der Waals surface area contributed by atoms with Crippen LogP contribution in [-0.2, 0) is 9.53 Å². The molecule has 0 spiro atoms. The Balaban J connectivity index is 2.44. The van der Waals surface area contributed by atoms with Crippen LogP contribution >= 0.6 is 0 Å². The van der Waals surface area contributed by atoms with Gasteiger partial charge in [0.25, 0.3) is 5.56 Å². The maximum Gasteiger partial charge on any atom is 0.331 e. The second-order valence-electron chi connectivity index (χ2n) is 4.29. The first-order chi connectivity index (χ1) is 8.63. The average Bonchev–Trinajstić information content (AvgIpc) is 2.33. The van der Waals surface area contributed by atoms with Crippen molar-refractivity contribution in [2.75, 3.05) is 6.61 Å². The molecule has 0 N–H and O–H groups in total. The summed E-state index contributed by atoms with van der Waals surface area (Å²) in [6.07, 6.45) is 4.47. The van der Waals surface area contributed by atoms with Gasteiger partial charge in [-0.15, -0.1) is 0 Å². The van der Waals surface area contributed by atoms with Gasteiger partial charge in [-0.05, 0) is 26.7 Å². The normalized spacial score (nSPS) is 20.6. The summed E-state index contributed by atoms with van der Waals surface area (Å²) in [6.45, 7) is 4.08. The number of esters is 1. The van der Waals surface area contributed by atoms with Crippen LogP contribution in [0.4, 0.5) is 0 Å². The Labute approximate surface area is 105 Å². The zero-order valence-corrected chi connectivity index (χ0v) is 10.5. The van der Waals surface area contributed by atoms with Crippen LogP contribution in [-0.4, -0.2) is 22.1 Å². The molecule has 1 aromatic heterocycles.